The number of piperazine rings is 1. The number of carbonyl (C=O) groups is 2. The van der Waals surface area contributed by atoms with E-state index in [1.54, 1.807) is 30.4 Å². The Morgan fingerprint density at radius 3 is 2.62 bits per heavy atom. The largest absolute Gasteiger partial charge is 0.392 e. The number of nitrogens with one attached hydrogen (secondary N) is 2. The molecule has 7 heterocycles. The number of anilines is 6. The lowest BCUT2D eigenvalue weighted by molar-refractivity contribution is -0.111. The van der Waals surface area contributed by atoms with Crippen molar-refractivity contribution < 1.29 is 19.4 Å². The number of amides is 2. The van der Waals surface area contributed by atoms with Crippen LogP contribution in [0.15, 0.2) is 78.4 Å². The number of benzene rings is 2. The van der Waals surface area contributed by atoms with Crippen LogP contribution >= 0.6 is 0 Å². The van der Waals surface area contributed by atoms with Gasteiger partial charge in [0.1, 0.15) is 11.5 Å². The van der Waals surface area contributed by atoms with E-state index in [1.165, 1.54) is 38.7 Å². The molecule has 15 heteroatoms. The highest BCUT2D eigenvalue weighted by atomic mass is 16.5. The van der Waals surface area contributed by atoms with E-state index in [0.29, 0.717) is 65.4 Å². The van der Waals surface area contributed by atoms with Crippen molar-refractivity contribution in [2.75, 3.05) is 71.2 Å². The maximum atomic E-state index is 14.0. The molecule has 10 rings (SSSR count). The third-order valence-corrected chi connectivity index (χ3v) is 14.4. The molecule has 5 aliphatic rings. The Labute approximate surface area is 385 Å². The summed E-state index contributed by atoms with van der Waals surface area (Å²) in [5, 5.41) is 17.1. The van der Waals surface area contributed by atoms with Crippen LogP contribution < -0.4 is 30.9 Å². The quantitative estimate of drug-likeness (QED) is 0.141. The van der Waals surface area contributed by atoms with Gasteiger partial charge in [-0.1, -0.05) is 32.6 Å². The van der Waals surface area contributed by atoms with E-state index in [4.69, 9.17) is 9.72 Å². The minimum absolute atomic E-state index is 0.0597. The van der Waals surface area contributed by atoms with Crippen molar-refractivity contribution in [2.45, 2.75) is 84.7 Å². The van der Waals surface area contributed by atoms with Crippen LogP contribution in [0.3, 0.4) is 0 Å². The zero-order chi connectivity index (χ0) is 45.9. The number of carbonyl (C=O) groups excluding carboxylic acids is 2. The molecule has 1 unspecified atom stereocenters. The van der Waals surface area contributed by atoms with E-state index < -0.39 is 6.61 Å². The summed E-state index contributed by atoms with van der Waals surface area (Å²) in [7, 11) is 1.65. The van der Waals surface area contributed by atoms with E-state index in [0.717, 1.165) is 77.1 Å². The van der Waals surface area contributed by atoms with Crippen molar-refractivity contribution >= 4 is 46.2 Å². The summed E-state index contributed by atoms with van der Waals surface area (Å²) in [5.41, 5.74) is 10.5. The molecule has 0 bridgehead atoms. The number of hydrogen-bond acceptors (Lipinski definition) is 11. The summed E-state index contributed by atoms with van der Waals surface area (Å²) >= 11 is 0. The second-order valence-corrected chi connectivity index (χ2v) is 19.4. The first-order chi connectivity index (χ1) is 31.9. The standard InChI is InChI=1S/C51H60N10O5/c1-6-46(63)54-40-25-35(10-11-43(40)59-20-19-58(28-32(59)2)36-13-17-57(18-14-36)42-9-7-8-33-31-66-23-15-37(33)42)53-47-50(65)56(5)29-41(55-47)38-12-16-52-48(39(38)30-62)61-22-21-60-44(49(61)64)24-34-26-51(3,4)27-45(34)60/h6-12,16,24-25,29,32,36,62H,1,13-15,17-23,26-28,30-31H2,2-5H3,(H,53,55)(H,54,63). The van der Waals surface area contributed by atoms with Crippen LogP contribution in [0.1, 0.15) is 72.0 Å². The number of pyridine rings is 1. The minimum Gasteiger partial charge on any atom is -0.392 e. The van der Waals surface area contributed by atoms with Crippen LogP contribution in [0.25, 0.3) is 11.3 Å². The Balaban J connectivity index is 0.858. The number of aryl methyl sites for hydroxylation is 1. The van der Waals surface area contributed by atoms with Gasteiger partial charge in [-0.05, 0) is 104 Å². The molecule has 3 aromatic heterocycles. The van der Waals surface area contributed by atoms with Crippen molar-refractivity contribution in [3.8, 4) is 11.3 Å². The molecule has 2 fully saturated rings. The predicted molar refractivity (Wildman–Crippen MR) is 258 cm³/mol. The molecule has 0 radical (unpaired) electrons. The lowest BCUT2D eigenvalue weighted by Gasteiger charge is -2.47. The van der Waals surface area contributed by atoms with Gasteiger partial charge in [-0.15, -0.1) is 0 Å². The molecule has 0 spiro atoms. The average molecular weight is 893 g/mol. The maximum Gasteiger partial charge on any atom is 0.293 e. The van der Waals surface area contributed by atoms with Crippen LogP contribution in [0.2, 0.25) is 0 Å². The zero-order valence-corrected chi connectivity index (χ0v) is 38.5. The molecule has 5 aromatic rings. The van der Waals surface area contributed by atoms with Gasteiger partial charge in [0.15, 0.2) is 5.82 Å². The molecule has 1 aliphatic carbocycles. The Kier molecular flexibility index (Phi) is 11.6. The first-order valence-electron chi connectivity index (χ1n) is 23.4. The third kappa shape index (κ3) is 8.06. The number of aliphatic hydroxyl groups is 1. The van der Waals surface area contributed by atoms with Gasteiger partial charge in [0.2, 0.25) is 5.91 Å². The number of piperidine rings is 1. The molecule has 3 N–H and O–H groups in total. The van der Waals surface area contributed by atoms with Gasteiger partial charge in [-0.3, -0.25) is 24.2 Å². The first kappa shape index (κ1) is 43.6. The fourth-order valence-electron chi connectivity index (χ4n) is 11.2. The smallest absolute Gasteiger partial charge is 0.293 e. The van der Waals surface area contributed by atoms with Crippen molar-refractivity contribution in [3.63, 3.8) is 0 Å². The summed E-state index contributed by atoms with van der Waals surface area (Å²) in [6.07, 6.45) is 9.54. The number of fused-ring (bicyclic) bond motifs is 4. The third-order valence-electron chi connectivity index (χ3n) is 14.4. The van der Waals surface area contributed by atoms with E-state index in [9.17, 15) is 19.5 Å². The van der Waals surface area contributed by atoms with Crippen molar-refractivity contribution in [1.82, 2.24) is 24.0 Å². The number of ether oxygens (including phenoxy) is 1. The number of aliphatic hydroxyl groups excluding tert-OH is 1. The predicted octanol–water partition coefficient (Wildman–Crippen LogP) is 6.04. The molecule has 66 heavy (non-hydrogen) atoms. The molecular weight excluding hydrogens is 833 g/mol. The molecule has 4 aliphatic heterocycles. The van der Waals surface area contributed by atoms with Gasteiger partial charge in [0, 0.05) is 106 Å². The Morgan fingerprint density at radius 2 is 1.83 bits per heavy atom. The lowest BCUT2D eigenvalue weighted by Crippen LogP contribution is -2.57. The Bertz CT molecular complexity index is 2790. The van der Waals surface area contributed by atoms with Gasteiger partial charge >= 0.3 is 0 Å². The number of aromatic nitrogens is 4. The normalized spacial score (nSPS) is 19.6. The minimum atomic E-state index is -0.396. The average Bonchev–Trinajstić information content (AvgIpc) is 3.82. The molecule has 344 valence electrons. The number of nitrogens with zero attached hydrogens (tertiary/aromatic N) is 8. The van der Waals surface area contributed by atoms with E-state index >= 15 is 0 Å². The van der Waals surface area contributed by atoms with E-state index in [-0.39, 0.29) is 34.6 Å². The van der Waals surface area contributed by atoms with Crippen LogP contribution in [0.5, 0.6) is 0 Å². The van der Waals surface area contributed by atoms with Gasteiger partial charge in [-0.25, -0.2) is 9.97 Å². The summed E-state index contributed by atoms with van der Waals surface area (Å²) in [4.78, 5) is 59.2. The second kappa shape index (κ2) is 17.5. The van der Waals surface area contributed by atoms with Gasteiger partial charge < -0.3 is 39.4 Å². The van der Waals surface area contributed by atoms with Gasteiger partial charge in [0.25, 0.3) is 11.5 Å². The molecule has 2 amide bonds. The molecule has 1 atom stereocenters. The summed E-state index contributed by atoms with van der Waals surface area (Å²) < 4.78 is 9.32. The molecular formula is C51H60N10O5. The topological polar surface area (TPSA) is 153 Å². The Hall–Kier alpha value is -6.29. The van der Waals surface area contributed by atoms with Crippen LogP contribution in [0, 0.1) is 5.41 Å². The summed E-state index contributed by atoms with van der Waals surface area (Å²) in [6.45, 7) is 17.2. The van der Waals surface area contributed by atoms with Gasteiger partial charge in [-0.2, -0.15) is 0 Å². The van der Waals surface area contributed by atoms with Crippen LogP contribution in [-0.4, -0.2) is 98.9 Å². The lowest BCUT2D eigenvalue weighted by atomic mass is 9.90. The molecule has 2 aromatic carbocycles. The second-order valence-electron chi connectivity index (χ2n) is 19.4. The Morgan fingerprint density at radius 1 is 1.00 bits per heavy atom. The van der Waals surface area contributed by atoms with Gasteiger partial charge in [0.05, 0.1) is 36.9 Å². The monoisotopic (exact) mass is 892 g/mol. The molecule has 2 saturated heterocycles. The zero-order valence-electron chi connectivity index (χ0n) is 38.5. The van der Waals surface area contributed by atoms with E-state index in [2.05, 4.69) is 80.4 Å². The summed E-state index contributed by atoms with van der Waals surface area (Å²) in [5.74, 6) is -0.0663. The fraction of sp³-hybridized carbons (Fsp3) is 0.431. The van der Waals surface area contributed by atoms with E-state index in [1.807, 2.05) is 24.3 Å². The highest BCUT2D eigenvalue weighted by Crippen LogP contribution is 2.41. The first-order valence-corrected chi connectivity index (χ1v) is 23.4. The molecule has 0 saturated carbocycles. The van der Waals surface area contributed by atoms with Crippen LogP contribution in [-0.2, 0) is 55.6 Å². The number of hydrogen-bond donors (Lipinski definition) is 3. The summed E-state index contributed by atoms with van der Waals surface area (Å²) in [6, 6.07) is 16.8. The van der Waals surface area contributed by atoms with Crippen molar-refractivity contribution in [3.05, 3.63) is 118 Å². The van der Waals surface area contributed by atoms with Crippen molar-refractivity contribution in [2.24, 2.45) is 12.5 Å². The fourth-order valence-corrected chi connectivity index (χ4v) is 11.2. The SMILES string of the molecule is C=CC(=O)Nc1cc(Nc2nc(-c3ccnc(N4CCn5c(cc6c5CC(C)(C)C6)C4=O)c3CO)cn(C)c2=O)ccc1N1CCN(C2CCN(c3cccc4c3CCOC4)CC2)CC1C. The maximum absolute atomic E-state index is 14.0. The van der Waals surface area contributed by atoms with Crippen molar-refractivity contribution in [1.29, 1.82) is 0 Å². The highest BCUT2D eigenvalue weighted by molar-refractivity contribution is 6.06. The number of rotatable bonds is 10. The highest BCUT2D eigenvalue weighted by Gasteiger charge is 2.38. The molecule has 15 nitrogen and oxygen atoms in total. The van der Waals surface area contributed by atoms with Crippen LogP contribution in [0.4, 0.5) is 34.4 Å².